The van der Waals surface area contributed by atoms with Crippen LogP contribution in [0.3, 0.4) is 0 Å². The van der Waals surface area contributed by atoms with Crippen LogP contribution >= 0.6 is 50.1 Å². The van der Waals surface area contributed by atoms with Gasteiger partial charge in [0, 0.05) is 18.6 Å². The van der Waals surface area contributed by atoms with Crippen molar-refractivity contribution in [2.24, 2.45) is 0 Å². The molecule has 0 fully saturated rings. The number of hydrogen-bond donors (Lipinski definition) is 1. The molecular formula is C15H9BrClIN2O. The molecule has 0 aliphatic rings. The zero-order chi connectivity index (χ0) is 15.0. The van der Waals surface area contributed by atoms with Crippen molar-refractivity contribution in [2.45, 2.75) is 0 Å². The Labute approximate surface area is 148 Å². The first-order valence-corrected chi connectivity index (χ1v) is 8.28. The fourth-order valence-corrected chi connectivity index (χ4v) is 3.07. The first-order chi connectivity index (χ1) is 10.1. The summed E-state index contributed by atoms with van der Waals surface area (Å²) in [5.74, 6) is 0.991. The Kier molecular flexibility index (Phi) is 4.24. The number of nitrogen functional groups attached to an aromatic ring is 1. The van der Waals surface area contributed by atoms with Crippen molar-refractivity contribution in [2.75, 3.05) is 5.73 Å². The van der Waals surface area contributed by atoms with E-state index >= 15 is 0 Å². The highest BCUT2D eigenvalue weighted by molar-refractivity contribution is 14.1. The molecule has 0 saturated heterocycles. The smallest absolute Gasteiger partial charge is 0.178 e. The van der Waals surface area contributed by atoms with E-state index in [1.807, 2.05) is 42.5 Å². The molecule has 2 aromatic carbocycles. The third-order valence-electron chi connectivity index (χ3n) is 3.02. The molecule has 2 N–H and O–H groups in total. The molecule has 3 nitrogen and oxygen atoms in total. The molecule has 0 spiro atoms. The Morgan fingerprint density at radius 1 is 1.14 bits per heavy atom. The topological polar surface area (TPSA) is 52.0 Å². The summed E-state index contributed by atoms with van der Waals surface area (Å²) in [5, 5.41) is 4.55. The standard InChI is InChI=1S/C15H9BrClIN2O/c16-9-3-1-8(2-4-9)13-14(21-20-15(13)19)11-7-10(17)5-6-12(11)18/h1-7H,(H2,19,20). The van der Waals surface area contributed by atoms with Crippen LogP contribution in [0.1, 0.15) is 0 Å². The summed E-state index contributed by atoms with van der Waals surface area (Å²) in [7, 11) is 0. The molecule has 1 heterocycles. The van der Waals surface area contributed by atoms with Crippen molar-refractivity contribution in [3.63, 3.8) is 0 Å². The van der Waals surface area contributed by atoms with E-state index in [-0.39, 0.29) is 0 Å². The number of halogens is 3. The van der Waals surface area contributed by atoms with E-state index in [1.165, 1.54) is 0 Å². The predicted octanol–water partition coefficient (Wildman–Crippen LogP) is 5.61. The van der Waals surface area contributed by atoms with Gasteiger partial charge in [-0.15, -0.1) is 0 Å². The second-order valence-corrected chi connectivity index (χ2v) is 6.92. The van der Waals surface area contributed by atoms with Gasteiger partial charge in [0.05, 0.1) is 5.56 Å². The van der Waals surface area contributed by atoms with Crippen LogP contribution in [0.15, 0.2) is 51.5 Å². The maximum absolute atomic E-state index is 6.09. The minimum atomic E-state index is 0.364. The van der Waals surface area contributed by atoms with Crippen LogP contribution in [0.2, 0.25) is 5.02 Å². The molecule has 0 unspecified atom stereocenters. The van der Waals surface area contributed by atoms with E-state index in [2.05, 4.69) is 43.7 Å². The lowest BCUT2D eigenvalue weighted by atomic mass is 10.0. The third kappa shape index (κ3) is 2.95. The summed E-state index contributed by atoms with van der Waals surface area (Å²) in [5.41, 5.74) is 8.59. The van der Waals surface area contributed by atoms with Gasteiger partial charge < -0.3 is 10.3 Å². The van der Waals surface area contributed by atoms with Crippen molar-refractivity contribution in [3.8, 4) is 22.5 Å². The lowest BCUT2D eigenvalue weighted by molar-refractivity contribution is 0.436. The van der Waals surface area contributed by atoms with E-state index in [9.17, 15) is 0 Å². The molecule has 0 atom stereocenters. The molecule has 3 aromatic rings. The van der Waals surface area contributed by atoms with Crippen molar-refractivity contribution >= 4 is 55.9 Å². The summed E-state index contributed by atoms with van der Waals surface area (Å²) in [4.78, 5) is 0. The highest BCUT2D eigenvalue weighted by Crippen LogP contribution is 2.39. The zero-order valence-corrected chi connectivity index (χ0v) is 15.1. The van der Waals surface area contributed by atoms with Crippen LogP contribution in [0.5, 0.6) is 0 Å². The fourth-order valence-electron chi connectivity index (χ4n) is 2.05. The molecular weight excluding hydrogens is 466 g/mol. The number of benzene rings is 2. The second-order valence-electron chi connectivity index (χ2n) is 4.40. The summed E-state index contributed by atoms with van der Waals surface area (Å²) >= 11 is 11.7. The van der Waals surface area contributed by atoms with Crippen LogP contribution in [0.25, 0.3) is 22.5 Å². The quantitative estimate of drug-likeness (QED) is 0.490. The summed E-state index contributed by atoms with van der Waals surface area (Å²) in [6.45, 7) is 0. The molecule has 0 bridgehead atoms. The number of hydrogen-bond acceptors (Lipinski definition) is 3. The van der Waals surface area contributed by atoms with Gasteiger partial charge in [0.1, 0.15) is 0 Å². The van der Waals surface area contributed by atoms with Gasteiger partial charge in [-0.2, -0.15) is 0 Å². The Hall–Kier alpha value is -1.05. The fraction of sp³-hybridized carbons (Fsp3) is 0. The monoisotopic (exact) mass is 474 g/mol. The van der Waals surface area contributed by atoms with E-state index in [4.69, 9.17) is 21.9 Å². The number of nitrogens with zero attached hydrogens (tertiary/aromatic N) is 1. The van der Waals surface area contributed by atoms with Crippen LogP contribution in [0.4, 0.5) is 5.82 Å². The molecule has 0 radical (unpaired) electrons. The highest BCUT2D eigenvalue weighted by atomic mass is 127. The molecule has 6 heteroatoms. The van der Waals surface area contributed by atoms with Gasteiger partial charge in [0.2, 0.25) is 0 Å². The van der Waals surface area contributed by atoms with Crippen LogP contribution in [0, 0.1) is 3.57 Å². The predicted molar refractivity (Wildman–Crippen MR) is 97.2 cm³/mol. The molecule has 21 heavy (non-hydrogen) atoms. The maximum atomic E-state index is 6.09. The number of nitrogens with two attached hydrogens (primary N) is 1. The molecule has 0 aliphatic carbocycles. The average molecular weight is 476 g/mol. The summed E-state index contributed by atoms with van der Waals surface area (Å²) in [6.07, 6.45) is 0. The Morgan fingerprint density at radius 3 is 2.57 bits per heavy atom. The van der Waals surface area contributed by atoms with Crippen molar-refractivity contribution in [3.05, 3.63) is 55.5 Å². The van der Waals surface area contributed by atoms with Gasteiger partial charge in [-0.25, -0.2) is 0 Å². The Balaban J connectivity index is 2.21. The molecule has 3 rings (SSSR count). The summed E-state index contributed by atoms with van der Waals surface area (Å²) in [6, 6.07) is 13.5. The maximum Gasteiger partial charge on any atom is 0.178 e. The van der Waals surface area contributed by atoms with E-state index in [0.29, 0.717) is 16.6 Å². The van der Waals surface area contributed by atoms with Gasteiger partial charge in [-0.05, 0) is 58.5 Å². The van der Waals surface area contributed by atoms with Gasteiger partial charge in [0.15, 0.2) is 11.6 Å². The first kappa shape index (κ1) is 14.9. The lowest BCUT2D eigenvalue weighted by Gasteiger charge is -2.05. The number of aromatic nitrogens is 1. The van der Waals surface area contributed by atoms with Crippen LogP contribution in [-0.4, -0.2) is 5.16 Å². The third-order valence-corrected chi connectivity index (χ3v) is 4.73. The number of anilines is 1. The van der Waals surface area contributed by atoms with Gasteiger partial charge in [0.25, 0.3) is 0 Å². The van der Waals surface area contributed by atoms with Crippen LogP contribution < -0.4 is 5.73 Å². The normalized spacial score (nSPS) is 10.8. The lowest BCUT2D eigenvalue weighted by Crippen LogP contribution is -1.90. The van der Waals surface area contributed by atoms with Gasteiger partial charge >= 0.3 is 0 Å². The van der Waals surface area contributed by atoms with E-state index < -0.39 is 0 Å². The largest absolute Gasteiger partial charge is 0.380 e. The molecule has 106 valence electrons. The molecule has 0 saturated carbocycles. The van der Waals surface area contributed by atoms with Gasteiger partial charge in [-0.3, -0.25) is 0 Å². The minimum absolute atomic E-state index is 0.364. The highest BCUT2D eigenvalue weighted by Gasteiger charge is 2.19. The second kappa shape index (κ2) is 5.98. The first-order valence-electron chi connectivity index (χ1n) is 6.03. The molecule has 0 amide bonds. The average Bonchev–Trinajstić information content (AvgIpc) is 2.84. The van der Waals surface area contributed by atoms with Crippen LogP contribution in [-0.2, 0) is 0 Å². The Bertz CT molecular complexity index is 802. The van der Waals surface area contributed by atoms with E-state index in [1.54, 1.807) is 0 Å². The van der Waals surface area contributed by atoms with Gasteiger partial charge in [-0.1, -0.05) is 44.8 Å². The van der Waals surface area contributed by atoms with E-state index in [0.717, 1.165) is 24.7 Å². The van der Waals surface area contributed by atoms with Crippen molar-refractivity contribution in [1.82, 2.24) is 5.16 Å². The molecule has 1 aromatic heterocycles. The summed E-state index contributed by atoms with van der Waals surface area (Å²) < 4.78 is 7.47. The minimum Gasteiger partial charge on any atom is -0.380 e. The van der Waals surface area contributed by atoms with Crippen molar-refractivity contribution in [1.29, 1.82) is 0 Å². The number of rotatable bonds is 2. The zero-order valence-electron chi connectivity index (χ0n) is 10.6. The van der Waals surface area contributed by atoms with Crippen molar-refractivity contribution < 1.29 is 4.52 Å². The SMILES string of the molecule is Nc1noc(-c2cc(Cl)ccc2I)c1-c1ccc(Br)cc1. The Morgan fingerprint density at radius 2 is 1.86 bits per heavy atom. The molecule has 0 aliphatic heterocycles.